The summed E-state index contributed by atoms with van der Waals surface area (Å²) in [6.07, 6.45) is 2.10. The van der Waals surface area contributed by atoms with Crippen LogP contribution in [-0.2, 0) is 9.59 Å². The van der Waals surface area contributed by atoms with E-state index in [1.54, 1.807) is 0 Å². The number of aliphatic hydroxyl groups is 1. The van der Waals surface area contributed by atoms with Gasteiger partial charge in [0.1, 0.15) is 17.3 Å². The van der Waals surface area contributed by atoms with E-state index in [1.807, 2.05) is 42.5 Å². The van der Waals surface area contributed by atoms with Crippen LogP contribution < -0.4 is 20.1 Å². The van der Waals surface area contributed by atoms with Crippen LogP contribution in [0.2, 0.25) is 5.02 Å². The number of ether oxygens (including phenoxy) is 2. The Morgan fingerprint density at radius 1 is 1.08 bits per heavy atom. The summed E-state index contributed by atoms with van der Waals surface area (Å²) in [4.78, 5) is 24.4. The minimum Gasteiger partial charge on any atom is -0.484 e. The molecule has 3 aliphatic rings. The Morgan fingerprint density at radius 2 is 1.82 bits per heavy atom. The number of hydrogen-bond acceptors (Lipinski definition) is 6. The summed E-state index contributed by atoms with van der Waals surface area (Å²) < 4.78 is 25.1. The highest BCUT2D eigenvalue weighted by Gasteiger charge is 2.54. The zero-order chi connectivity index (χ0) is 26.8. The van der Waals surface area contributed by atoms with E-state index in [2.05, 4.69) is 10.6 Å². The molecule has 0 aliphatic heterocycles. The van der Waals surface area contributed by atoms with Crippen molar-refractivity contribution in [3.8, 4) is 11.5 Å². The lowest BCUT2D eigenvalue weighted by Crippen LogP contribution is -2.70. The van der Waals surface area contributed by atoms with Gasteiger partial charge in [-0.1, -0.05) is 41.9 Å². The third-order valence-corrected chi connectivity index (χ3v) is 8.11. The monoisotopic (exact) mass is 540 g/mol. The summed E-state index contributed by atoms with van der Waals surface area (Å²) in [5.41, 5.74) is -1.07. The van der Waals surface area contributed by atoms with Gasteiger partial charge in [0, 0.05) is 23.7 Å². The predicted molar refractivity (Wildman–Crippen MR) is 142 cm³/mol. The Kier molecular flexibility index (Phi) is 7.56. The molecule has 3 saturated carbocycles. The molecule has 3 N–H and O–H groups in total. The molecule has 38 heavy (non-hydrogen) atoms. The topological polar surface area (TPSA) is 96.9 Å². The van der Waals surface area contributed by atoms with E-state index in [4.69, 9.17) is 21.1 Å². The van der Waals surface area contributed by atoms with Gasteiger partial charge in [-0.25, -0.2) is 4.39 Å². The molecule has 3 aromatic carbocycles. The standard InChI is InChI=1S/C29H30ClFN2O5/c30-24-8-7-22(14-25(24)31)38-23(17-34)16-32-29-11-9-28(10-12-29,15-26(29)35)33-27(36)18-37-21-6-5-19-3-1-2-4-20(19)13-21/h1-8,13-14,17,23,26,32,35H,9-12,15-16,18H2,(H,33,36)/t23?,26-,28?,29?/m0/s1. The second-order valence-corrected chi connectivity index (χ2v) is 10.7. The van der Waals surface area contributed by atoms with Gasteiger partial charge in [-0.3, -0.25) is 9.59 Å². The average Bonchev–Trinajstić information content (AvgIpc) is 2.92. The maximum Gasteiger partial charge on any atom is 0.258 e. The molecular weight excluding hydrogens is 511 g/mol. The fraction of sp³-hybridized carbons (Fsp3) is 0.379. The third-order valence-electron chi connectivity index (χ3n) is 7.80. The molecule has 7 nitrogen and oxygen atoms in total. The minimum atomic E-state index is -0.863. The summed E-state index contributed by atoms with van der Waals surface area (Å²) in [5, 5.41) is 19.6. The molecule has 2 atom stereocenters. The van der Waals surface area contributed by atoms with Crippen LogP contribution in [0.25, 0.3) is 10.8 Å². The molecule has 2 bridgehead atoms. The molecule has 3 aromatic rings. The molecule has 0 aromatic heterocycles. The lowest BCUT2D eigenvalue weighted by Gasteiger charge is -2.56. The highest BCUT2D eigenvalue weighted by molar-refractivity contribution is 6.30. The molecule has 3 fully saturated rings. The molecule has 1 amide bonds. The van der Waals surface area contributed by atoms with E-state index in [1.165, 1.54) is 12.1 Å². The van der Waals surface area contributed by atoms with Crippen LogP contribution in [-0.4, -0.2) is 53.7 Å². The fourth-order valence-corrected chi connectivity index (χ4v) is 5.75. The summed E-state index contributed by atoms with van der Waals surface area (Å²) in [6, 6.07) is 17.7. The van der Waals surface area contributed by atoms with Gasteiger partial charge >= 0.3 is 0 Å². The molecule has 9 heteroatoms. The number of benzene rings is 3. The number of rotatable bonds is 10. The van der Waals surface area contributed by atoms with Crippen LogP contribution in [0.1, 0.15) is 32.1 Å². The minimum absolute atomic E-state index is 0.0274. The van der Waals surface area contributed by atoms with Gasteiger partial charge in [0.2, 0.25) is 0 Å². The van der Waals surface area contributed by atoms with E-state index < -0.39 is 29.1 Å². The predicted octanol–water partition coefficient (Wildman–Crippen LogP) is 4.18. The first-order valence-corrected chi connectivity index (χ1v) is 13.1. The van der Waals surface area contributed by atoms with Crippen LogP contribution in [0, 0.1) is 5.82 Å². The van der Waals surface area contributed by atoms with Gasteiger partial charge in [-0.05, 0) is 67.1 Å². The first-order chi connectivity index (χ1) is 18.3. The van der Waals surface area contributed by atoms with E-state index >= 15 is 0 Å². The number of halogens is 2. The van der Waals surface area contributed by atoms with Crippen molar-refractivity contribution < 1.29 is 28.6 Å². The van der Waals surface area contributed by atoms with Gasteiger partial charge in [-0.2, -0.15) is 0 Å². The van der Waals surface area contributed by atoms with Gasteiger partial charge < -0.3 is 25.2 Å². The number of aliphatic hydroxyl groups excluding tert-OH is 1. The largest absolute Gasteiger partial charge is 0.484 e. The number of carbonyl (C=O) groups excluding carboxylic acids is 2. The smallest absolute Gasteiger partial charge is 0.258 e. The van der Waals surface area contributed by atoms with Crippen molar-refractivity contribution in [1.29, 1.82) is 0 Å². The van der Waals surface area contributed by atoms with Crippen molar-refractivity contribution in [2.24, 2.45) is 0 Å². The van der Waals surface area contributed by atoms with Crippen molar-refractivity contribution in [2.45, 2.75) is 55.4 Å². The van der Waals surface area contributed by atoms with Crippen molar-refractivity contribution in [2.75, 3.05) is 13.2 Å². The Hall–Kier alpha value is -3.20. The van der Waals surface area contributed by atoms with Crippen LogP contribution in [0.3, 0.4) is 0 Å². The molecule has 0 radical (unpaired) electrons. The lowest BCUT2D eigenvalue weighted by atomic mass is 9.60. The quantitative estimate of drug-likeness (QED) is 0.334. The third kappa shape index (κ3) is 5.62. The second kappa shape index (κ2) is 10.9. The average molecular weight is 541 g/mol. The van der Waals surface area contributed by atoms with Crippen LogP contribution in [0.15, 0.2) is 60.7 Å². The van der Waals surface area contributed by atoms with E-state index in [0.29, 0.717) is 44.1 Å². The Labute approximate surface area is 225 Å². The van der Waals surface area contributed by atoms with E-state index in [0.717, 1.165) is 16.8 Å². The molecule has 0 heterocycles. The maximum absolute atomic E-state index is 13.7. The number of aldehydes is 1. The van der Waals surface area contributed by atoms with Crippen molar-refractivity contribution in [3.63, 3.8) is 0 Å². The van der Waals surface area contributed by atoms with Gasteiger partial charge in [0.05, 0.1) is 11.1 Å². The highest BCUT2D eigenvalue weighted by Crippen LogP contribution is 2.47. The molecule has 200 valence electrons. The summed E-state index contributed by atoms with van der Waals surface area (Å²) >= 11 is 5.71. The maximum atomic E-state index is 13.7. The number of carbonyl (C=O) groups is 2. The lowest BCUT2D eigenvalue weighted by molar-refractivity contribution is -0.130. The van der Waals surface area contributed by atoms with Gasteiger partial charge in [0.25, 0.3) is 5.91 Å². The second-order valence-electron chi connectivity index (χ2n) is 10.3. The normalized spacial score (nSPS) is 25.1. The zero-order valence-corrected chi connectivity index (χ0v) is 21.5. The number of fused-ring (bicyclic) bond motifs is 4. The van der Waals surface area contributed by atoms with Crippen LogP contribution >= 0.6 is 11.6 Å². The number of amides is 1. The van der Waals surface area contributed by atoms with Gasteiger partial charge in [0.15, 0.2) is 19.0 Å². The Balaban J connectivity index is 1.13. The van der Waals surface area contributed by atoms with Crippen molar-refractivity contribution in [3.05, 3.63) is 71.5 Å². The van der Waals surface area contributed by atoms with E-state index in [9.17, 15) is 19.1 Å². The molecule has 0 saturated heterocycles. The highest BCUT2D eigenvalue weighted by atomic mass is 35.5. The molecule has 1 unspecified atom stereocenters. The SMILES string of the molecule is O=CC(CNC12CCC(NC(=O)COc3ccc4ccccc4c3)(CC1)C[C@@H]2O)Oc1ccc(Cl)c(F)c1. The van der Waals surface area contributed by atoms with E-state index in [-0.39, 0.29) is 29.8 Å². The molecule has 0 spiro atoms. The van der Waals surface area contributed by atoms with Gasteiger partial charge in [-0.15, -0.1) is 0 Å². The van der Waals surface area contributed by atoms with Crippen molar-refractivity contribution in [1.82, 2.24) is 10.6 Å². The molecule has 3 aliphatic carbocycles. The fourth-order valence-electron chi connectivity index (χ4n) is 5.63. The first-order valence-electron chi connectivity index (χ1n) is 12.7. The number of nitrogens with one attached hydrogen (secondary N) is 2. The van der Waals surface area contributed by atoms with Crippen molar-refractivity contribution >= 4 is 34.6 Å². The summed E-state index contributed by atoms with van der Waals surface area (Å²) in [6.45, 7) is 0.0486. The first kappa shape index (κ1) is 26.4. The number of hydrogen-bond donors (Lipinski definition) is 3. The summed E-state index contributed by atoms with van der Waals surface area (Å²) in [5.74, 6) is -0.0299. The van der Waals surface area contributed by atoms with Crippen LogP contribution in [0.5, 0.6) is 11.5 Å². The van der Waals surface area contributed by atoms with Crippen LogP contribution in [0.4, 0.5) is 4.39 Å². The summed E-state index contributed by atoms with van der Waals surface area (Å²) in [7, 11) is 0. The Bertz CT molecular complexity index is 1330. The zero-order valence-electron chi connectivity index (χ0n) is 20.8. The molecular formula is C29H30ClFN2O5. The Morgan fingerprint density at radius 3 is 2.53 bits per heavy atom. The molecule has 6 rings (SSSR count).